The van der Waals surface area contributed by atoms with Gasteiger partial charge < -0.3 is 14.8 Å². The molecule has 3 nitrogen and oxygen atoms in total. The zero-order valence-corrected chi connectivity index (χ0v) is 13.2. The number of rotatable bonds is 11. The van der Waals surface area contributed by atoms with E-state index in [1.165, 1.54) is 11.1 Å². The predicted octanol–water partition coefficient (Wildman–Crippen LogP) is 2.82. The van der Waals surface area contributed by atoms with Crippen molar-refractivity contribution in [3.63, 3.8) is 0 Å². The van der Waals surface area contributed by atoms with Crippen LogP contribution in [0.15, 0.2) is 24.3 Å². The normalized spacial score (nSPS) is 12.6. The van der Waals surface area contributed by atoms with Gasteiger partial charge >= 0.3 is 0 Å². The molecule has 3 heteroatoms. The van der Waals surface area contributed by atoms with Crippen molar-refractivity contribution >= 4 is 0 Å². The SMILES string of the molecule is CCNCC(CCOCCOC)Cc1cccc(C)c1. The quantitative estimate of drug-likeness (QED) is 0.632. The van der Waals surface area contributed by atoms with Gasteiger partial charge in [-0.3, -0.25) is 0 Å². The molecular weight excluding hydrogens is 250 g/mol. The summed E-state index contributed by atoms with van der Waals surface area (Å²) >= 11 is 0. The van der Waals surface area contributed by atoms with Crippen molar-refractivity contribution in [1.82, 2.24) is 5.32 Å². The Morgan fingerprint density at radius 1 is 1.20 bits per heavy atom. The fourth-order valence-electron chi connectivity index (χ4n) is 2.29. The van der Waals surface area contributed by atoms with Crippen LogP contribution in [0.4, 0.5) is 0 Å². The molecule has 0 aliphatic carbocycles. The molecule has 0 amide bonds. The molecule has 1 unspecified atom stereocenters. The van der Waals surface area contributed by atoms with Crippen LogP contribution in [-0.2, 0) is 15.9 Å². The van der Waals surface area contributed by atoms with E-state index in [9.17, 15) is 0 Å². The number of benzene rings is 1. The molecule has 0 bridgehead atoms. The Kier molecular flexibility index (Phi) is 9.29. The Labute approximate surface area is 123 Å². The summed E-state index contributed by atoms with van der Waals surface area (Å²) in [5, 5.41) is 3.46. The second kappa shape index (κ2) is 10.8. The first-order chi connectivity index (χ1) is 9.76. The summed E-state index contributed by atoms with van der Waals surface area (Å²) in [6, 6.07) is 8.79. The zero-order chi connectivity index (χ0) is 14.6. The number of ether oxygens (including phenoxy) is 2. The van der Waals surface area contributed by atoms with E-state index >= 15 is 0 Å². The van der Waals surface area contributed by atoms with Crippen molar-refractivity contribution < 1.29 is 9.47 Å². The van der Waals surface area contributed by atoms with Crippen LogP contribution in [0, 0.1) is 12.8 Å². The monoisotopic (exact) mass is 279 g/mol. The first kappa shape index (κ1) is 17.2. The van der Waals surface area contributed by atoms with Crippen molar-refractivity contribution in [2.45, 2.75) is 26.7 Å². The van der Waals surface area contributed by atoms with Gasteiger partial charge in [-0.2, -0.15) is 0 Å². The van der Waals surface area contributed by atoms with Crippen LogP contribution in [0.5, 0.6) is 0 Å². The van der Waals surface area contributed by atoms with Gasteiger partial charge in [-0.05, 0) is 44.3 Å². The zero-order valence-electron chi connectivity index (χ0n) is 13.2. The van der Waals surface area contributed by atoms with Crippen molar-refractivity contribution in [2.75, 3.05) is 40.0 Å². The lowest BCUT2D eigenvalue weighted by atomic mass is 9.95. The molecule has 0 spiro atoms. The van der Waals surface area contributed by atoms with E-state index in [1.807, 2.05) is 0 Å². The Morgan fingerprint density at radius 3 is 2.75 bits per heavy atom. The highest BCUT2D eigenvalue weighted by Crippen LogP contribution is 2.13. The van der Waals surface area contributed by atoms with Crippen molar-refractivity contribution in [2.24, 2.45) is 5.92 Å². The van der Waals surface area contributed by atoms with Gasteiger partial charge in [-0.15, -0.1) is 0 Å². The van der Waals surface area contributed by atoms with E-state index in [2.05, 4.69) is 43.4 Å². The van der Waals surface area contributed by atoms with E-state index in [0.717, 1.165) is 32.5 Å². The fraction of sp³-hybridized carbons (Fsp3) is 0.647. The maximum atomic E-state index is 5.59. The second-order valence-electron chi connectivity index (χ2n) is 5.26. The summed E-state index contributed by atoms with van der Waals surface area (Å²) in [6.45, 7) is 8.55. The van der Waals surface area contributed by atoms with E-state index in [-0.39, 0.29) is 0 Å². The van der Waals surface area contributed by atoms with Crippen LogP contribution in [0.3, 0.4) is 0 Å². The van der Waals surface area contributed by atoms with E-state index in [4.69, 9.17) is 9.47 Å². The van der Waals surface area contributed by atoms with Crippen LogP contribution >= 0.6 is 0 Å². The topological polar surface area (TPSA) is 30.5 Å². The third-order valence-corrected chi connectivity index (χ3v) is 3.39. The average Bonchev–Trinajstić information content (AvgIpc) is 2.44. The van der Waals surface area contributed by atoms with Crippen molar-refractivity contribution in [3.05, 3.63) is 35.4 Å². The molecule has 1 N–H and O–H groups in total. The minimum atomic E-state index is 0.624. The van der Waals surface area contributed by atoms with Crippen LogP contribution in [0.2, 0.25) is 0 Å². The lowest BCUT2D eigenvalue weighted by Crippen LogP contribution is -2.25. The summed E-state index contributed by atoms with van der Waals surface area (Å²) in [6.07, 6.45) is 2.20. The molecule has 1 atom stereocenters. The van der Waals surface area contributed by atoms with Gasteiger partial charge in [0.05, 0.1) is 13.2 Å². The molecule has 20 heavy (non-hydrogen) atoms. The molecule has 0 saturated heterocycles. The Morgan fingerprint density at radius 2 is 2.05 bits per heavy atom. The molecule has 0 aliphatic heterocycles. The molecule has 1 rings (SSSR count). The highest BCUT2D eigenvalue weighted by atomic mass is 16.5. The van der Waals surface area contributed by atoms with Gasteiger partial charge in [-0.1, -0.05) is 36.8 Å². The molecule has 0 aliphatic rings. The minimum absolute atomic E-state index is 0.624. The molecule has 1 aromatic rings. The molecule has 0 radical (unpaired) electrons. The largest absolute Gasteiger partial charge is 0.382 e. The Balaban J connectivity index is 2.38. The number of aryl methyl sites for hydroxylation is 1. The lowest BCUT2D eigenvalue weighted by molar-refractivity contribution is 0.0636. The molecule has 0 fully saturated rings. The smallest absolute Gasteiger partial charge is 0.0700 e. The fourth-order valence-corrected chi connectivity index (χ4v) is 2.29. The van der Waals surface area contributed by atoms with E-state index < -0.39 is 0 Å². The third kappa shape index (κ3) is 7.63. The summed E-state index contributed by atoms with van der Waals surface area (Å²) in [5.41, 5.74) is 2.76. The summed E-state index contributed by atoms with van der Waals surface area (Å²) in [7, 11) is 1.70. The number of nitrogens with one attached hydrogen (secondary N) is 1. The number of hydrogen-bond donors (Lipinski definition) is 1. The van der Waals surface area contributed by atoms with Crippen LogP contribution in [0.25, 0.3) is 0 Å². The molecule has 1 aromatic carbocycles. The molecule has 0 heterocycles. The second-order valence-corrected chi connectivity index (χ2v) is 5.26. The summed E-state index contributed by atoms with van der Waals surface area (Å²) in [4.78, 5) is 0. The average molecular weight is 279 g/mol. The lowest BCUT2D eigenvalue weighted by Gasteiger charge is -2.18. The summed E-state index contributed by atoms with van der Waals surface area (Å²) < 4.78 is 10.6. The van der Waals surface area contributed by atoms with Crippen molar-refractivity contribution in [3.8, 4) is 0 Å². The molecule has 114 valence electrons. The highest BCUT2D eigenvalue weighted by Gasteiger charge is 2.09. The highest BCUT2D eigenvalue weighted by molar-refractivity contribution is 5.22. The van der Waals surface area contributed by atoms with Gasteiger partial charge in [0.2, 0.25) is 0 Å². The molecular formula is C17H29NO2. The van der Waals surface area contributed by atoms with Gasteiger partial charge in [-0.25, -0.2) is 0 Å². The first-order valence-corrected chi connectivity index (χ1v) is 7.59. The minimum Gasteiger partial charge on any atom is -0.382 e. The molecule has 0 saturated carbocycles. The predicted molar refractivity (Wildman–Crippen MR) is 84.2 cm³/mol. The third-order valence-electron chi connectivity index (χ3n) is 3.39. The van der Waals surface area contributed by atoms with Gasteiger partial charge in [0, 0.05) is 13.7 Å². The Bertz CT molecular complexity index is 355. The van der Waals surface area contributed by atoms with Gasteiger partial charge in [0.1, 0.15) is 0 Å². The van der Waals surface area contributed by atoms with Crippen molar-refractivity contribution in [1.29, 1.82) is 0 Å². The van der Waals surface area contributed by atoms with Gasteiger partial charge in [0.15, 0.2) is 0 Å². The maximum Gasteiger partial charge on any atom is 0.0700 e. The van der Waals surface area contributed by atoms with E-state index in [0.29, 0.717) is 19.1 Å². The van der Waals surface area contributed by atoms with E-state index in [1.54, 1.807) is 7.11 Å². The maximum absolute atomic E-state index is 5.59. The number of hydrogen-bond acceptors (Lipinski definition) is 3. The molecule has 0 aromatic heterocycles. The number of methoxy groups -OCH3 is 1. The Hall–Kier alpha value is -0.900. The van der Waals surface area contributed by atoms with Crippen LogP contribution in [0.1, 0.15) is 24.5 Å². The van der Waals surface area contributed by atoms with Gasteiger partial charge in [0.25, 0.3) is 0 Å². The van der Waals surface area contributed by atoms with Crippen LogP contribution in [-0.4, -0.2) is 40.0 Å². The summed E-state index contributed by atoms with van der Waals surface area (Å²) in [5.74, 6) is 0.624. The van der Waals surface area contributed by atoms with Crippen LogP contribution < -0.4 is 5.32 Å². The first-order valence-electron chi connectivity index (χ1n) is 7.59. The standard InChI is InChI=1S/C17H29NO2/c1-4-18-14-17(8-9-20-11-10-19-3)13-16-7-5-6-15(2)12-16/h5-7,12,17-18H,4,8-11,13-14H2,1-3H3.